The lowest BCUT2D eigenvalue weighted by atomic mass is 10.2. The van der Waals surface area contributed by atoms with Crippen molar-refractivity contribution < 1.29 is 4.21 Å². The number of nitrogens with one attached hydrogen (secondary N) is 2. The molecule has 0 amide bonds. The van der Waals surface area contributed by atoms with E-state index in [2.05, 4.69) is 20.1 Å². The van der Waals surface area contributed by atoms with Crippen LogP contribution < -0.4 is 4.72 Å². The number of hydrogen-bond acceptors (Lipinski definition) is 5. The number of aromatic nitrogens is 3. The highest BCUT2D eigenvalue weighted by Crippen LogP contribution is 2.34. The predicted octanol–water partition coefficient (Wildman–Crippen LogP) is 2.31. The first kappa shape index (κ1) is 14.6. The molecule has 3 rings (SSSR count). The maximum Gasteiger partial charge on any atom is 0.191 e. The van der Waals surface area contributed by atoms with E-state index in [4.69, 9.17) is 5.26 Å². The van der Waals surface area contributed by atoms with E-state index >= 15 is 0 Å². The summed E-state index contributed by atoms with van der Waals surface area (Å²) >= 11 is 1.51. The van der Waals surface area contributed by atoms with Gasteiger partial charge in [-0.15, -0.1) is 16.4 Å². The molecule has 1 aromatic carbocycles. The largest absolute Gasteiger partial charge is 0.238 e. The molecule has 22 heavy (non-hydrogen) atoms. The topological polar surface area (TPSA) is 94.5 Å². The third-order valence-electron chi connectivity index (χ3n) is 3.01. The molecule has 110 valence electrons. The van der Waals surface area contributed by atoms with E-state index in [1.165, 1.54) is 11.3 Å². The van der Waals surface area contributed by atoms with Crippen molar-refractivity contribution in [1.82, 2.24) is 20.1 Å². The minimum absolute atomic E-state index is 0.276. The summed E-state index contributed by atoms with van der Waals surface area (Å²) in [5, 5.41) is 19.3. The molecule has 1 atom stereocenters. The molecular formula is C14H11N5OS2. The van der Waals surface area contributed by atoms with Crippen LogP contribution in [0.25, 0.3) is 21.0 Å². The third kappa shape index (κ3) is 2.69. The van der Waals surface area contributed by atoms with Crippen LogP contribution in [0, 0.1) is 11.3 Å². The molecule has 0 spiro atoms. The van der Waals surface area contributed by atoms with E-state index in [1.54, 1.807) is 7.05 Å². The first-order chi connectivity index (χ1) is 10.7. The molecule has 3 aromatic rings. The number of benzene rings is 1. The number of thiophene rings is 1. The smallest absolute Gasteiger partial charge is 0.191 e. The number of nitriles is 1. The molecule has 0 saturated carbocycles. The van der Waals surface area contributed by atoms with E-state index in [1.807, 2.05) is 42.5 Å². The molecule has 0 bridgehead atoms. The maximum atomic E-state index is 11.8. The van der Waals surface area contributed by atoms with Gasteiger partial charge in [0.25, 0.3) is 0 Å². The molecule has 0 saturated heterocycles. The highest BCUT2D eigenvalue weighted by Gasteiger charge is 2.13. The second kappa shape index (κ2) is 6.19. The Morgan fingerprint density at radius 2 is 2.09 bits per heavy atom. The van der Waals surface area contributed by atoms with E-state index < -0.39 is 11.0 Å². The first-order valence-corrected chi connectivity index (χ1v) is 8.30. The summed E-state index contributed by atoms with van der Waals surface area (Å²) in [6.45, 7) is 0. The zero-order valence-corrected chi connectivity index (χ0v) is 13.2. The zero-order valence-electron chi connectivity index (χ0n) is 11.5. The summed E-state index contributed by atoms with van der Waals surface area (Å²) < 4.78 is 14.5. The maximum absolute atomic E-state index is 11.8. The fourth-order valence-electron chi connectivity index (χ4n) is 1.98. The SMILES string of the molecule is CNS(=O)c1cccc(-c2ccc(-c3n[nH]nc3C#N)s2)c1. The Morgan fingerprint density at radius 3 is 2.86 bits per heavy atom. The number of rotatable bonds is 4. The van der Waals surface area contributed by atoms with Gasteiger partial charge in [0.05, 0.1) is 9.77 Å². The van der Waals surface area contributed by atoms with Crippen molar-refractivity contribution in [2.45, 2.75) is 4.90 Å². The Bertz CT molecular complexity index is 877. The van der Waals surface area contributed by atoms with E-state index in [0.717, 1.165) is 15.3 Å². The molecule has 0 fully saturated rings. The molecule has 0 aliphatic rings. The van der Waals surface area contributed by atoms with Crippen molar-refractivity contribution >= 4 is 22.3 Å². The Labute approximate surface area is 133 Å². The van der Waals surface area contributed by atoms with Crippen molar-refractivity contribution in [2.75, 3.05) is 7.05 Å². The minimum Gasteiger partial charge on any atom is -0.238 e. The predicted molar refractivity (Wildman–Crippen MR) is 85.3 cm³/mol. The third-order valence-corrected chi connectivity index (χ3v) is 5.21. The Morgan fingerprint density at radius 1 is 1.27 bits per heavy atom. The van der Waals surface area contributed by atoms with Gasteiger partial charge in [0.2, 0.25) is 0 Å². The number of hydrogen-bond donors (Lipinski definition) is 2. The molecule has 0 radical (unpaired) electrons. The van der Waals surface area contributed by atoms with Crippen LogP contribution in [0.4, 0.5) is 0 Å². The van der Waals surface area contributed by atoms with E-state index in [-0.39, 0.29) is 5.69 Å². The molecular weight excluding hydrogens is 318 g/mol. The van der Waals surface area contributed by atoms with Crippen LogP contribution in [0.2, 0.25) is 0 Å². The first-order valence-electron chi connectivity index (χ1n) is 6.33. The Balaban J connectivity index is 1.98. The molecule has 2 N–H and O–H groups in total. The molecule has 6 nitrogen and oxygen atoms in total. The number of H-pyrrole nitrogens is 1. The fourth-order valence-corrected chi connectivity index (χ4v) is 3.65. The second-order valence-corrected chi connectivity index (χ2v) is 6.80. The highest BCUT2D eigenvalue weighted by molar-refractivity contribution is 7.83. The van der Waals surface area contributed by atoms with Gasteiger partial charge in [-0.25, -0.2) is 8.93 Å². The van der Waals surface area contributed by atoms with Crippen molar-refractivity contribution in [3.8, 4) is 27.1 Å². The van der Waals surface area contributed by atoms with Gasteiger partial charge in [-0.3, -0.25) is 0 Å². The summed E-state index contributed by atoms with van der Waals surface area (Å²) in [6.07, 6.45) is 0. The average Bonchev–Trinajstić information content (AvgIpc) is 3.22. The summed E-state index contributed by atoms with van der Waals surface area (Å²) in [7, 11) is 0.435. The molecule has 0 aliphatic heterocycles. The van der Waals surface area contributed by atoms with E-state index in [9.17, 15) is 4.21 Å². The molecule has 2 aromatic heterocycles. The lowest BCUT2D eigenvalue weighted by molar-refractivity contribution is 0.678. The quantitative estimate of drug-likeness (QED) is 0.768. The highest BCUT2D eigenvalue weighted by atomic mass is 32.2. The zero-order chi connectivity index (χ0) is 15.5. The Kier molecular flexibility index (Phi) is 4.11. The lowest BCUT2D eigenvalue weighted by Crippen LogP contribution is -2.10. The van der Waals surface area contributed by atoms with Gasteiger partial charge in [0.15, 0.2) is 5.69 Å². The summed E-state index contributed by atoms with van der Waals surface area (Å²) in [5.41, 5.74) is 1.80. The molecule has 0 aliphatic carbocycles. The summed E-state index contributed by atoms with van der Waals surface area (Å²) in [4.78, 5) is 2.59. The van der Waals surface area contributed by atoms with Crippen LogP contribution in [0.5, 0.6) is 0 Å². The lowest BCUT2D eigenvalue weighted by Gasteiger charge is -2.02. The van der Waals surface area contributed by atoms with Crippen LogP contribution in [0.1, 0.15) is 5.69 Å². The van der Waals surface area contributed by atoms with Crippen LogP contribution in [0.15, 0.2) is 41.3 Å². The van der Waals surface area contributed by atoms with Gasteiger partial charge in [-0.05, 0) is 36.9 Å². The standard InChI is InChI=1S/C14H11N5OS2/c1-16-22(20)10-4-2-3-9(7-10)12-5-6-13(21-12)14-11(8-15)17-19-18-14/h2-7,16H,1H3,(H,17,18,19). The molecule has 2 heterocycles. The minimum atomic E-state index is -1.22. The summed E-state index contributed by atoms with van der Waals surface area (Å²) in [5.74, 6) is 0. The van der Waals surface area contributed by atoms with Crippen LogP contribution in [-0.4, -0.2) is 26.7 Å². The summed E-state index contributed by atoms with van der Waals surface area (Å²) in [6, 6.07) is 13.4. The van der Waals surface area contributed by atoms with Gasteiger partial charge in [0, 0.05) is 4.88 Å². The van der Waals surface area contributed by atoms with Crippen LogP contribution in [0.3, 0.4) is 0 Å². The number of aromatic amines is 1. The van der Waals surface area contributed by atoms with Gasteiger partial charge in [0.1, 0.15) is 22.7 Å². The van der Waals surface area contributed by atoms with Gasteiger partial charge < -0.3 is 0 Å². The van der Waals surface area contributed by atoms with Gasteiger partial charge in [-0.2, -0.15) is 15.6 Å². The van der Waals surface area contributed by atoms with Gasteiger partial charge in [-0.1, -0.05) is 12.1 Å². The van der Waals surface area contributed by atoms with Gasteiger partial charge >= 0.3 is 0 Å². The second-order valence-electron chi connectivity index (χ2n) is 4.30. The van der Waals surface area contributed by atoms with Crippen molar-refractivity contribution in [3.05, 3.63) is 42.1 Å². The monoisotopic (exact) mass is 329 g/mol. The normalized spacial score (nSPS) is 12.0. The van der Waals surface area contributed by atoms with Crippen molar-refractivity contribution in [3.63, 3.8) is 0 Å². The van der Waals surface area contributed by atoms with E-state index in [0.29, 0.717) is 10.6 Å². The van der Waals surface area contributed by atoms with Crippen molar-refractivity contribution in [2.24, 2.45) is 0 Å². The van der Waals surface area contributed by atoms with Crippen LogP contribution >= 0.6 is 11.3 Å². The van der Waals surface area contributed by atoms with Crippen molar-refractivity contribution in [1.29, 1.82) is 5.26 Å². The Hall–Kier alpha value is -2.34. The van der Waals surface area contributed by atoms with Crippen LogP contribution in [-0.2, 0) is 11.0 Å². The number of nitrogens with zero attached hydrogens (tertiary/aromatic N) is 3. The average molecular weight is 329 g/mol. The fraction of sp³-hybridized carbons (Fsp3) is 0.0714. The molecule has 8 heteroatoms. The molecule has 1 unspecified atom stereocenters.